The molecular formula is C69H126N6O41S2. The molecule has 0 unspecified atom stereocenters. The van der Waals surface area contributed by atoms with Crippen LogP contribution in [0.4, 0.5) is 0 Å². The number of amides is 2. The first-order chi connectivity index (χ1) is 55.9. The fourth-order valence-corrected chi connectivity index (χ4v) is 15.1. The largest absolute Gasteiger partial charge is 0.394 e. The van der Waals surface area contributed by atoms with Crippen LogP contribution in [0.2, 0.25) is 0 Å². The molecule has 0 aromatic heterocycles. The van der Waals surface area contributed by atoms with Crippen LogP contribution in [0.15, 0.2) is 0 Å². The molecule has 0 spiro atoms. The van der Waals surface area contributed by atoms with E-state index in [-0.39, 0.29) is 76.0 Å². The second-order valence-corrected chi connectivity index (χ2v) is 33.3. The van der Waals surface area contributed by atoms with Gasteiger partial charge >= 0.3 is 0 Å². The van der Waals surface area contributed by atoms with Crippen LogP contribution in [0.3, 0.4) is 0 Å². The van der Waals surface area contributed by atoms with E-state index in [9.17, 15) is 143 Å². The van der Waals surface area contributed by atoms with Crippen LogP contribution in [0.1, 0.15) is 123 Å². The maximum absolute atomic E-state index is 12.5. The first-order valence-corrected chi connectivity index (χ1v) is 42.7. The summed E-state index contributed by atoms with van der Waals surface area (Å²) < 4.78 is 121. The Bertz CT molecular complexity index is 3150. The second kappa shape index (κ2) is 53.0. The lowest BCUT2D eigenvalue weighted by molar-refractivity contribution is -0.366. The number of hydrogen-bond donors (Lipinski definition) is 26. The Morgan fingerprint density at radius 2 is 0.763 bits per heavy atom. The van der Waals surface area contributed by atoms with E-state index in [1.165, 1.54) is 6.92 Å². The van der Waals surface area contributed by atoms with Gasteiger partial charge in [-0.3, -0.25) is 29.4 Å². The minimum Gasteiger partial charge on any atom is -0.394 e. The van der Waals surface area contributed by atoms with Crippen LogP contribution in [0.5, 0.6) is 0 Å². The van der Waals surface area contributed by atoms with E-state index >= 15 is 0 Å². The van der Waals surface area contributed by atoms with E-state index in [4.69, 9.17) is 62.6 Å². The number of sulfonamides is 2. The summed E-state index contributed by atoms with van der Waals surface area (Å²) in [6.07, 6.45) is -44.8. The van der Waals surface area contributed by atoms with Crippen LogP contribution < -0.4 is 31.3 Å². The number of Topliss-reactive ketones (excluding diaryl/α,β-unsaturated/α-hetero) is 3. The molecule has 6 aliphatic heterocycles. The summed E-state index contributed by atoms with van der Waals surface area (Å²) in [7, 11) is -7.58. The summed E-state index contributed by atoms with van der Waals surface area (Å²) >= 11 is 0. The van der Waals surface area contributed by atoms with Gasteiger partial charge < -0.3 is 170 Å². The SMILES string of the molecule is CC(=O)[C@H](CCCCN)NNC(=O)CCCCCNS(=O)(=O)CCC(=O)NCCO[C@@H]1O[C@H](CO[C@H]2O[C@H](CO)[C@@H](O)[C@H](O)[C@@H]2O)[C@@H](O)[C@H](O[C@H]2O[C@H](CO)[C@@H](O)[C@H](O)[C@@H]2O)[C@@H]1O.CCCC(=O)CCCCCNS(=O)(=O)CCC(=O)CCCO[C@@H]1O[C@H](CO[C@H]2O[C@H](CO)[C@@H](O)[C@H](O)[C@@H]2O)[C@@H](O)[C@H](O[C@H]2O[C@H](CO)[C@@H](O)[C@H](O)[C@@H]2O)[C@@H]1O. The zero-order chi connectivity index (χ0) is 87.7. The minimum atomic E-state index is -3.85. The van der Waals surface area contributed by atoms with Crippen molar-refractivity contribution in [1.82, 2.24) is 25.6 Å². The number of nitrogens with one attached hydrogen (secondary N) is 5. The number of carbonyl (C=O) groups is 5. The number of aliphatic hydroxyl groups is 20. The van der Waals surface area contributed by atoms with Gasteiger partial charge in [0.15, 0.2) is 37.7 Å². The molecule has 2 amide bonds. The fraction of sp³-hybridized carbons (Fsp3) is 0.928. The van der Waals surface area contributed by atoms with Gasteiger partial charge in [-0.2, -0.15) is 0 Å². The zero-order valence-electron chi connectivity index (χ0n) is 65.7. The molecule has 690 valence electrons. The normalized spacial score (nSPS) is 35.7. The maximum atomic E-state index is 12.5. The van der Waals surface area contributed by atoms with E-state index < -0.39 is 280 Å². The molecule has 27 N–H and O–H groups in total. The lowest BCUT2D eigenvalue weighted by atomic mass is 9.96. The van der Waals surface area contributed by atoms with Crippen molar-refractivity contribution in [1.29, 1.82) is 0 Å². The van der Waals surface area contributed by atoms with Gasteiger partial charge in [0.25, 0.3) is 0 Å². The van der Waals surface area contributed by atoms with Crippen LogP contribution in [0.25, 0.3) is 0 Å². The first kappa shape index (κ1) is 105. The van der Waals surface area contributed by atoms with E-state index in [0.717, 1.165) is 19.3 Å². The predicted molar refractivity (Wildman–Crippen MR) is 396 cm³/mol. The van der Waals surface area contributed by atoms with E-state index in [1.807, 2.05) is 6.92 Å². The molecule has 0 aromatic carbocycles. The molecule has 0 aliphatic carbocycles. The molecule has 0 aromatic rings. The Hall–Kier alpha value is -3.59. The topological polar surface area (TPSA) is 755 Å². The average molecular weight is 1760 g/mol. The molecule has 6 aliphatic rings. The van der Waals surface area contributed by atoms with Gasteiger partial charge in [0.05, 0.1) is 70.4 Å². The van der Waals surface area contributed by atoms with Crippen molar-refractivity contribution in [2.24, 2.45) is 5.73 Å². The predicted octanol–water partition coefficient (Wildman–Crippen LogP) is -12.8. The van der Waals surface area contributed by atoms with Crippen molar-refractivity contribution in [3.05, 3.63) is 0 Å². The lowest BCUT2D eigenvalue weighted by Crippen LogP contribution is -2.65. The number of nitrogens with two attached hydrogens (primary N) is 1. The number of carbonyl (C=O) groups excluding carboxylic acids is 5. The number of ether oxygens (including phenoxy) is 12. The van der Waals surface area contributed by atoms with Gasteiger partial charge in [0, 0.05) is 58.2 Å². The van der Waals surface area contributed by atoms with E-state index in [0.29, 0.717) is 64.3 Å². The van der Waals surface area contributed by atoms with Crippen LogP contribution >= 0.6 is 0 Å². The first-order valence-electron chi connectivity index (χ1n) is 39.4. The smallest absolute Gasteiger partial charge is 0.234 e. The fourth-order valence-electron chi connectivity index (χ4n) is 13.0. The summed E-state index contributed by atoms with van der Waals surface area (Å²) in [5.74, 6) is -2.29. The van der Waals surface area contributed by atoms with E-state index in [2.05, 4.69) is 25.6 Å². The van der Waals surface area contributed by atoms with Gasteiger partial charge in [-0.05, 0) is 64.8 Å². The van der Waals surface area contributed by atoms with Crippen LogP contribution in [-0.4, -0.2) is 429 Å². The van der Waals surface area contributed by atoms with Gasteiger partial charge in [-0.15, -0.1) is 0 Å². The molecule has 31 atom stereocenters. The number of unbranched alkanes of at least 4 members (excludes halogenated alkanes) is 5. The zero-order valence-corrected chi connectivity index (χ0v) is 67.4. The number of aliphatic hydroxyl groups excluding tert-OH is 20. The summed E-state index contributed by atoms with van der Waals surface area (Å²) in [5.41, 5.74) is 10.7. The Kier molecular flexibility index (Phi) is 47.2. The van der Waals surface area contributed by atoms with Gasteiger partial charge in [-0.1, -0.05) is 26.2 Å². The van der Waals surface area contributed by atoms with Gasteiger partial charge in [0.2, 0.25) is 31.9 Å². The molecule has 0 radical (unpaired) electrons. The molecule has 6 fully saturated rings. The Labute approximate surface area is 681 Å². The van der Waals surface area contributed by atoms with Crippen LogP contribution in [0, 0.1) is 0 Å². The molecule has 6 saturated heterocycles. The Morgan fingerprint density at radius 3 is 1.19 bits per heavy atom. The van der Waals surface area contributed by atoms with Crippen molar-refractivity contribution in [3.8, 4) is 0 Å². The van der Waals surface area contributed by atoms with Crippen molar-refractivity contribution in [3.63, 3.8) is 0 Å². The third-order valence-electron chi connectivity index (χ3n) is 20.2. The average Bonchev–Trinajstić information content (AvgIpc) is 0.796. The molecule has 118 heavy (non-hydrogen) atoms. The number of rotatable bonds is 52. The Morgan fingerprint density at radius 1 is 0.381 bits per heavy atom. The summed E-state index contributed by atoms with van der Waals surface area (Å²) in [6, 6.07) is -0.516. The standard InChI is InChI=1S/C36H67N5O21S.C33H59NO20S/c1-18(44)19(7-4-5-10-37)40-41-24(46)8-3-2-6-11-39-63(55,56)14-9-23(45)38-12-13-57-35-32(54)33(62-36-31(53)29(51)26(48)21(16-43)60-36)27(49)22(61-35)17-58-34-30(52)28(50)25(47)20(15-42)59-34;1-2-7-17(37)8-4-3-5-11-34-55(47,48)13-10-18(38)9-6-12-49-32-29(46)30(54-33-28(45)26(43)23(40)20(15-36)52-33)24(41)21(53-32)16-50-31-27(44)25(42)22(39)19(14-35)51-31/h19-22,25-36,39-40,42-43,47-54H,2-17,37H2,1H3,(H,38,45)(H,41,46);19-36,39-46H,2-16H2,1H3/t19-,20+,21+,22+,25+,26+,27+,28-,29-,30-,31-,32-,33-,34-,35+,36+;19-,20-,21-,22-,23-,24-,25+,26+,27+,28+,29+,30+,31+,32-,33-/m01/s1. The Balaban J connectivity index is 0.000000424. The monoisotopic (exact) mass is 1760 g/mol. The van der Waals surface area contributed by atoms with Gasteiger partial charge in [-0.25, -0.2) is 31.7 Å². The van der Waals surface area contributed by atoms with Crippen LogP contribution in [-0.2, 0) is 101 Å². The number of ketones is 3. The maximum Gasteiger partial charge on any atom is 0.234 e. The molecular weight excluding hydrogens is 1630 g/mol. The third kappa shape index (κ3) is 33.1. The number of hydrogen-bond acceptors (Lipinski definition) is 43. The summed E-state index contributed by atoms with van der Waals surface area (Å²) in [6.45, 7) is -1.19. The highest BCUT2D eigenvalue weighted by atomic mass is 32.2. The molecule has 47 nitrogen and oxygen atoms in total. The van der Waals surface area contributed by atoms with Gasteiger partial charge in [0.1, 0.15) is 164 Å². The van der Waals surface area contributed by atoms with E-state index in [1.54, 1.807) is 0 Å². The second-order valence-electron chi connectivity index (χ2n) is 29.4. The van der Waals surface area contributed by atoms with Crippen molar-refractivity contribution >= 4 is 49.2 Å². The summed E-state index contributed by atoms with van der Waals surface area (Å²) in [4.78, 5) is 60.5. The van der Waals surface area contributed by atoms with Crippen molar-refractivity contribution in [2.75, 3.05) is 90.5 Å². The number of hydrazine groups is 1. The highest BCUT2D eigenvalue weighted by molar-refractivity contribution is 7.89. The molecule has 6 heterocycles. The highest BCUT2D eigenvalue weighted by Gasteiger charge is 2.55. The summed E-state index contributed by atoms with van der Waals surface area (Å²) in [5, 5.41) is 208. The molecule has 6 rings (SSSR count). The highest BCUT2D eigenvalue weighted by Crippen LogP contribution is 2.34. The van der Waals surface area contributed by atoms with Crippen molar-refractivity contribution in [2.45, 2.75) is 313 Å². The molecule has 0 saturated carbocycles. The van der Waals surface area contributed by atoms with Crippen molar-refractivity contribution < 1.29 is 200 Å². The quantitative estimate of drug-likeness (QED) is 0.0199. The molecule has 49 heteroatoms. The minimum absolute atomic E-state index is 0.0441. The molecule has 0 bridgehead atoms. The lowest BCUT2D eigenvalue weighted by Gasteiger charge is -2.46. The third-order valence-corrected chi connectivity index (χ3v) is 22.9.